The highest BCUT2D eigenvalue weighted by atomic mass is 32.2. The van der Waals surface area contributed by atoms with Crippen molar-refractivity contribution in [3.8, 4) is 23.0 Å². The fourth-order valence-electron chi connectivity index (χ4n) is 3.65. The Hall–Kier alpha value is -3.70. The average molecular weight is 464 g/mol. The van der Waals surface area contributed by atoms with Gasteiger partial charge in [0.15, 0.2) is 5.60 Å². The second-order valence-electron chi connectivity index (χ2n) is 6.85. The smallest absolute Gasteiger partial charge is 0.361 e. The van der Waals surface area contributed by atoms with E-state index in [1.807, 2.05) is 12.1 Å². The molecule has 3 aromatic carbocycles. The van der Waals surface area contributed by atoms with E-state index in [4.69, 9.17) is 22.4 Å². The number of esters is 1. The number of alkyl halides is 2. The summed E-state index contributed by atoms with van der Waals surface area (Å²) in [5, 5.41) is 19.7. The summed E-state index contributed by atoms with van der Waals surface area (Å²) < 4.78 is 58.8. The number of phenols is 2. The number of halogens is 2. The topological polar surface area (TPSA) is 130 Å². The number of phenolic OH excluding ortho intramolecular Hbond substituents is 2. The Kier molecular flexibility index (Phi) is 5.02. The summed E-state index contributed by atoms with van der Waals surface area (Å²) in [4.78, 5) is 12.5. The molecule has 5 rings (SSSR count). The molecular formula is C21H14F2O8S. The van der Waals surface area contributed by atoms with Crippen molar-refractivity contribution in [2.45, 2.75) is 11.4 Å². The Labute approximate surface area is 180 Å². The van der Waals surface area contributed by atoms with Gasteiger partial charge in [-0.1, -0.05) is 18.2 Å². The van der Waals surface area contributed by atoms with E-state index in [9.17, 15) is 23.8 Å². The van der Waals surface area contributed by atoms with Gasteiger partial charge in [-0.05, 0) is 30.3 Å². The Bertz CT molecular complexity index is 1290. The SMILES string of the molecule is O=C1OC2(c3ccc(O)cc3Oc3cc(O)ccc32)c2ccccc21.O=S(=O)(O)C(F)F. The fourth-order valence-corrected chi connectivity index (χ4v) is 3.65. The zero-order valence-corrected chi connectivity index (χ0v) is 16.7. The van der Waals surface area contributed by atoms with Gasteiger partial charge >= 0.3 is 21.8 Å². The first-order chi connectivity index (χ1) is 15.0. The second-order valence-corrected chi connectivity index (χ2v) is 8.24. The quantitative estimate of drug-likeness (QED) is 0.367. The number of carbonyl (C=O) groups excluding carboxylic acids is 1. The molecule has 0 aliphatic carbocycles. The van der Waals surface area contributed by atoms with Gasteiger partial charge in [-0.15, -0.1) is 0 Å². The summed E-state index contributed by atoms with van der Waals surface area (Å²) in [6, 6.07) is 16.6. The van der Waals surface area contributed by atoms with Gasteiger partial charge < -0.3 is 19.7 Å². The first-order valence-electron chi connectivity index (χ1n) is 8.96. The van der Waals surface area contributed by atoms with Gasteiger partial charge in [0.1, 0.15) is 23.0 Å². The lowest BCUT2D eigenvalue weighted by molar-refractivity contribution is 0.0224. The summed E-state index contributed by atoms with van der Waals surface area (Å²) >= 11 is 0. The number of hydrogen-bond donors (Lipinski definition) is 3. The van der Waals surface area contributed by atoms with Gasteiger partial charge in [-0.2, -0.15) is 17.2 Å². The molecule has 0 bridgehead atoms. The van der Waals surface area contributed by atoms with E-state index in [0.717, 1.165) is 0 Å². The molecule has 8 nitrogen and oxygen atoms in total. The van der Waals surface area contributed by atoms with Gasteiger partial charge in [-0.25, -0.2) is 4.79 Å². The van der Waals surface area contributed by atoms with E-state index in [2.05, 4.69) is 0 Å². The minimum atomic E-state index is -5.07. The van der Waals surface area contributed by atoms with Crippen molar-refractivity contribution in [2.75, 3.05) is 0 Å². The summed E-state index contributed by atoms with van der Waals surface area (Å²) in [6.45, 7) is 0. The van der Waals surface area contributed by atoms with Crippen LogP contribution in [-0.4, -0.2) is 34.9 Å². The summed E-state index contributed by atoms with van der Waals surface area (Å²) in [5.74, 6) is -3.27. The first kappa shape index (κ1) is 21.5. The van der Waals surface area contributed by atoms with Crippen LogP contribution < -0.4 is 4.74 Å². The van der Waals surface area contributed by atoms with Crippen molar-refractivity contribution >= 4 is 16.1 Å². The minimum absolute atomic E-state index is 0.0371. The molecule has 3 N–H and O–H groups in total. The van der Waals surface area contributed by atoms with Gasteiger partial charge in [0.2, 0.25) is 0 Å². The van der Waals surface area contributed by atoms with Crippen molar-refractivity contribution in [3.05, 3.63) is 82.9 Å². The highest BCUT2D eigenvalue weighted by Crippen LogP contribution is 2.56. The zero-order valence-electron chi connectivity index (χ0n) is 15.9. The monoisotopic (exact) mass is 464 g/mol. The van der Waals surface area contributed by atoms with E-state index in [1.165, 1.54) is 24.3 Å². The van der Waals surface area contributed by atoms with Crippen molar-refractivity contribution in [3.63, 3.8) is 0 Å². The molecule has 3 aromatic rings. The van der Waals surface area contributed by atoms with Crippen LogP contribution in [0.1, 0.15) is 27.0 Å². The molecule has 0 amide bonds. The molecule has 1 spiro atoms. The van der Waals surface area contributed by atoms with E-state index in [0.29, 0.717) is 33.8 Å². The largest absolute Gasteiger partial charge is 0.508 e. The van der Waals surface area contributed by atoms with Crippen LogP contribution in [0, 0.1) is 0 Å². The van der Waals surface area contributed by atoms with Crippen LogP contribution in [0.2, 0.25) is 0 Å². The third-order valence-corrected chi connectivity index (χ3v) is 5.36. The van der Waals surface area contributed by atoms with Crippen LogP contribution in [-0.2, 0) is 20.5 Å². The minimum Gasteiger partial charge on any atom is -0.508 e. The van der Waals surface area contributed by atoms with E-state index in [1.54, 1.807) is 24.3 Å². The van der Waals surface area contributed by atoms with E-state index < -0.39 is 27.4 Å². The van der Waals surface area contributed by atoms with Crippen LogP contribution in [0.15, 0.2) is 60.7 Å². The molecule has 0 radical (unpaired) electrons. The molecule has 0 aromatic heterocycles. The average Bonchev–Trinajstić information content (AvgIpc) is 3.01. The molecule has 11 heteroatoms. The van der Waals surface area contributed by atoms with Crippen molar-refractivity contribution in [2.24, 2.45) is 0 Å². The Morgan fingerprint density at radius 3 is 1.84 bits per heavy atom. The van der Waals surface area contributed by atoms with Gasteiger partial charge in [-0.3, -0.25) is 4.55 Å². The molecule has 32 heavy (non-hydrogen) atoms. The molecule has 0 atom stereocenters. The van der Waals surface area contributed by atoms with Crippen LogP contribution in [0.3, 0.4) is 0 Å². The number of rotatable bonds is 1. The molecule has 2 heterocycles. The van der Waals surface area contributed by atoms with Crippen LogP contribution >= 0.6 is 0 Å². The Morgan fingerprint density at radius 2 is 1.34 bits per heavy atom. The fraction of sp³-hybridized carbons (Fsp3) is 0.0952. The van der Waals surface area contributed by atoms with E-state index >= 15 is 0 Å². The van der Waals surface area contributed by atoms with Gasteiger partial charge in [0.25, 0.3) is 0 Å². The lowest BCUT2D eigenvalue weighted by Gasteiger charge is -2.36. The number of carbonyl (C=O) groups is 1. The van der Waals surface area contributed by atoms with Crippen LogP contribution in [0.25, 0.3) is 0 Å². The normalized spacial score (nSPS) is 15.1. The number of fused-ring (bicyclic) bond motifs is 6. The molecular weight excluding hydrogens is 450 g/mol. The maximum absolute atomic E-state index is 12.5. The zero-order chi connectivity index (χ0) is 23.3. The van der Waals surface area contributed by atoms with Crippen LogP contribution in [0.4, 0.5) is 8.78 Å². The highest BCUT2D eigenvalue weighted by Gasteiger charge is 2.53. The predicted octanol–water partition coefficient (Wildman–Crippen LogP) is 3.76. The first-order valence-corrected chi connectivity index (χ1v) is 10.5. The molecule has 2 aliphatic rings. The highest BCUT2D eigenvalue weighted by molar-refractivity contribution is 7.86. The van der Waals surface area contributed by atoms with E-state index in [-0.39, 0.29) is 11.5 Å². The van der Waals surface area contributed by atoms with Gasteiger partial charge in [0, 0.05) is 28.8 Å². The standard InChI is InChI=1S/C20H12O5.CH2F2O3S/c21-11-5-7-15-17(9-11)24-18-10-12(22)6-8-16(18)20(15)14-4-2-1-3-13(14)19(23)25-20;2-1(3)7(4,5)6/h1-10,21-22H;1H,(H,4,5,6). The third-order valence-electron chi connectivity index (χ3n) is 4.91. The maximum Gasteiger partial charge on any atom is 0.361 e. The lowest BCUT2D eigenvalue weighted by Crippen LogP contribution is -2.32. The number of hydrogen-bond acceptors (Lipinski definition) is 7. The molecule has 0 saturated heterocycles. The summed E-state index contributed by atoms with van der Waals surface area (Å²) in [6.07, 6.45) is 0. The Balaban J connectivity index is 0.000000307. The van der Waals surface area contributed by atoms with Crippen LogP contribution in [0.5, 0.6) is 23.0 Å². The molecule has 0 unspecified atom stereocenters. The number of aromatic hydroxyl groups is 2. The molecule has 0 fully saturated rings. The maximum atomic E-state index is 12.5. The third kappa shape index (κ3) is 3.41. The number of benzene rings is 3. The van der Waals surface area contributed by atoms with Crippen molar-refractivity contribution in [1.82, 2.24) is 0 Å². The Morgan fingerprint density at radius 1 is 0.844 bits per heavy atom. The summed E-state index contributed by atoms with van der Waals surface area (Å²) in [7, 11) is -5.07. The van der Waals surface area contributed by atoms with Crippen molar-refractivity contribution in [1.29, 1.82) is 0 Å². The molecule has 0 saturated carbocycles. The molecule has 166 valence electrons. The van der Waals surface area contributed by atoms with Crippen molar-refractivity contribution < 1.29 is 46.2 Å². The lowest BCUT2D eigenvalue weighted by atomic mass is 9.77. The predicted molar refractivity (Wildman–Crippen MR) is 106 cm³/mol. The summed E-state index contributed by atoms with van der Waals surface area (Å²) in [5.41, 5.74) is 1.28. The molecule has 2 aliphatic heterocycles. The van der Waals surface area contributed by atoms with Gasteiger partial charge in [0.05, 0.1) is 5.56 Å². The number of ether oxygens (including phenoxy) is 2. The second kappa shape index (κ2) is 7.46.